The number of fused-ring (bicyclic) bond motifs is 1. The van der Waals surface area contributed by atoms with E-state index in [9.17, 15) is 4.79 Å². The molecule has 30 heavy (non-hydrogen) atoms. The lowest BCUT2D eigenvalue weighted by atomic mass is 10.1. The van der Waals surface area contributed by atoms with E-state index in [1.807, 2.05) is 58.0 Å². The van der Waals surface area contributed by atoms with E-state index in [-0.39, 0.29) is 5.91 Å². The van der Waals surface area contributed by atoms with Crippen molar-refractivity contribution in [3.05, 3.63) is 54.9 Å². The number of imidazole rings is 1. The van der Waals surface area contributed by atoms with Crippen molar-refractivity contribution in [2.24, 2.45) is 0 Å². The summed E-state index contributed by atoms with van der Waals surface area (Å²) in [6, 6.07) is 15.6. The molecule has 4 aromatic rings. The molecular weight excluding hydrogens is 378 g/mol. The van der Waals surface area contributed by atoms with E-state index in [0.717, 1.165) is 48.1 Å². The Morgan fingerprint density at radius 2 is 1.83 bits per heavy atom. The van der Waals surface area contributed by atoms with Crippen LogP contribution in [-0.2, 0) is 11.3 Å². The van der Waals surface area contributed by atoms with E-state index in [4.69, 9.17) is 4.52 Å². The second-order valence-electron chi connectivity index (χ2n) is 7.62. The van der Waals surface area contributed by atoms with Crippen LogP contribution in [0.3, 0.4) is 0 Å². The predicted molar refractivity (Wildman–Crippen MR) is 114 cm³/mol. The van der Waals surface area contributed by atoms with Gasteiger partial charge in [-0.05, 0) is 49.6 Å². The summed E-state index contributed by atoms with van der Waals surface area (Å²) in [6.45, 7) is 2.41. The summed E-state index contributed by atoms with van der Waals surface area (Å²) in [6.07, 6.45) is 5.75. The van der Waals surface area contributed by atoms with Gasteiger partial charge in [0.1, 0.15) is 0 Å². The van der Waals surface area contributed by atoms with Crippen LogP contribution in [0.5, 0.6) is 0 Å². The number of nitrogens with zero attached hydrogens (tertiary/aromatic N) is 5. The number of hydrogen-bond acceptors (Lipinski definition) is 5. The number of rotatable bonds is 5. The van der Waals surface area contributed by atoms with Crippen LogP contribution in [0.2, 0.25) is 0 Å². The molecule has 152 valence electrons. The second-order valence-corrected chi connectivity index (χ2v) is 7.62. The second kappa shape index (κ2) is 8.10. The third kappa shape index (κ3) is 3.70. The fraction of sp³-hybridized carbons (Fsp3) is 0.304. The van der Waals surface area contributed by atoms with Gasteiger partial charge < -0.3 is 14.0 Å². The van der Waals surface area contributed by atoms with Gasteiger partial charge in [0, 0.05) is 37.2 Å². The molecule has 0 N–H and O–H groups in total. The number of carbonyl (C=O) groups is 1. The van der Waals surface area contributed by atoms with Crippen LogP contribution in [0.25, 0.3) is 33.9 Å². The summed E-state index contributed by atoms with van der Waals surface area (Å²) < 4.78 is 7.45. The average Bonchev–Trinajstić information content (AvgIpc) is 3.46. The smallest absolute Gasteiger partial charge is 0.258 e. The van der Waals surface area contributed by atoms with E-state index in [1.165, 1.54) is 6.42 Å². The maximum Gasteiger partial charge on any atom is 0.258 e. The number of hydrogen-bond donors (Lipinski definition) is 0. The van der Waals surface area contributed by atoms with Crippen molar-refractivity contribution in [1.82, 2.24) is 24.6 Å². The molecule has 7 heteroatoms. The minimum absolute atomic E-state index is 0.230. The Labute approximate surface area is 174 Å². The maximum absolute atomic E-state index is 12.5. The van der Waals surface area contributed by atoms with Crippen molar-refractivity contribution in [3.63, 3.8) is 0 Å². The molecule has 0 spiro atoms. The number of benzene rings is 2. The van der Waals surface area contributed by atoms with Crippen LogP contribution < -0.4 is 0 Å². The van der Waals surface area contributed by atoms with Crippen LogP contribution in [0.1, 0.15) is 25.7 Å². The zero-order chi connectivity index (χ0) is 20.3. The van der Waals surface area contributed by atoms with Crippen molar-refractivity contribution >= 4 is 16.9 Å². The van der Waals surface area contributed by atoms with Crippen molar-refractivity contribution in [2.45, 2.75) is 32.2 Å². The first-order valence-corrected chi connectivity index (χ1v) is 10.4. The number of aryl methyl sites for hydroxylation is 1. The number of carbonyl (C=O) groups excluding carboxylic acids is 1. The SMILES string of the molecule is O=C(CCn1cnc2cc(-c3noc(-c4ccccc4)n3)ccc21)N1CCCCC1. The molecule has 1 amide bonds. The third-order valence-electron chi connectivity index (χ3n) is 5.60. The highest BCUT2D eigenvalue weighted by molar-refractivity contribution is 5.81. The van der Waals surface area contributed by atoms with E-state index >= 15 is 0 Å². The van der Waals surface area contributed by atoms with Crippen LogP contribution in [0, 0.1) is 0 Å². The van der Waals surface area contributed by atoms with Crippen molar-refractivity contribution in [2.75, 3.05) is 13.1 Å². The van der Waals surface area contributed by atoms with Gasteiger partial charge >= 0.3 is 0 Å². The molecule has 0 aliphatic carbocycles. The quantitative estimate of drug-likeness (QED) is 0.502. The maximum atomic E-state index is 12.5. The number of piperidine rings is 1. The Bertz CT molecular complexity index is 1160. The van der Waals surface area contributed by atoms with Gasteiger partial charge in [0.05, 0.1) is 17.4 Å². The standard InChI is InChI=1S/C23H23N5O2/c29-21(27-12-5-2-6-13-27)11-14-28-16-24-19-15-18(9-10-20(19)28)22-25-23(30-26-22)17-7-3-1-4-8-17/h1,3-4,7-10,15-16H,2,5-6,11-14H2. The summed E-state index contributed by atoms with van der Waals surface area (Å²) in [5.74, 6) is 1.26. The van der Waals surface area contributed by atoms with Crippen LogP contribution in [-0.4, -0.2) is 43.6 Å². The van der Waals surface area contributed by atoms with Crippen LogP contribution in [0.15, 0.2) is 59.4 Å². The molecule has 0 atom stereocenters. The third-order valence-corrected chi connectivity index (χ3v) is 5.60. The summed E-state index contributed by atoms with van der Waals surface area (Å²) >= 11 is 0. The molecule has 1 aliphatic rings. The van der Waals surface area contributed by atoms with Crippen LogP contribution in [0.4, 0.5) is 0 Å². The first-order chi connectivity index (χ1) is 14.8. The molecule has 2 aromatic heterocycles. The lowest BCUT2D eigenvalue weighted by molar-refractivity contribution is -0.132. The van der Waals surface area contributed by atoms with Crippen molar-refractivity contribution in [1.29, 1.82) is 0 Å². The summed E-state index contributed by atoms with van der Waals surface area (Å²) in [5, 5.41) is 4.12. The fourth-order valence-corrected chi connectivity index (χ4v) is 3.94. The van der Waals surface area contributed by atoms with E-state index in [0.29, 0.717) is 24.7 Å². The summed E-state index contributed by atoms with van der Waals surface area (Å²) in [5.41, 5.74) is 3.59. The van der Waals surface area contributed by atoms with E-state index in [2.05, 4.69) is 15.1 Å². The Kier molecular flexibility index (Phi) is 5.01. The molecule has 0 saturated carbocycles. The van der Waals surface area contributed by atoms with Gasteiger partial charge in [0.25, 0.3) is 5.89 Å². The van der Waals surface area contributed by atoms with Gasteiger partial charge in [0.15, 0.2) is 0 Å². The van der Waals surface area contributed by atoms with E-state index < -0.39 is 0 Å². The topological polar surface area (TPSA) is 77.0 Å². The van der Waals surface area contributed by atoms with Gasteiger partial charge in [-0.2, -0.15) is 4.98 Å². The van der Waals surface area contributed by atoms with Gasteiger partial charge in [-0.1, -0.05) is 23.4 Å². The van der Waals surface area contributed by atoms with Gasteiger partial charge in [-0.3, -0.25) is 4.79 Å². The molecule has 7 nitrogen and oxygen atoms in total. The molecule has 5 rings (SSSR count). The number of aromatic nitrogens is 4. The highest BCUT2D eigenvalue weighted by atomic mass is 16.5. The molecule has 2 aromatic carbocycles. The van der Waals surface area contributed by atoms with E-state index in [1.54, 1.807) is 6.33 Å². The fourth-order valence-electron chi connectivity index (χ4n) is 3.94. The molecule has 0 unspecified atom stereocenters. The van der Waals surface area contributed by atoms with Gasteiger partial charge in [0.2, 0.25) is 11.7 Å². The Morgan fingerprint density at radius 3 is 2.67 bits per heavy atom. The molecule has 1 fully saturated rings. The number of likely N-dealkylation sites (tertiary alicyclic amines) is 1. The zero-order valence-corrected chi connectivity index (χ0v) is 16.7. The Balaban J connectivity index is 1.31. The average molecular weight is 401 g/mol. The lowest BCUT2D eigenvalue weighted by Gasteiger charge is -2.26. The van der Waals surface area contributed by atoms with Crippen molar-refractivity contribution in [3.8, 4) is 22.8 Å². The molecular formula is C23H23N5O2. The van der Waals surface area contributed by atoms with Crippen molar-refractivity contribution < 1.29 is 9.32 Å². The Morgan fingerprint density at radius 1 is 1.00 bits per heavy atom. The molecule has 3 heterocycles. The van der Waals surface area contributed by atoms with Gasteiger partial charge in [-0.25, -0.2) is 4.98 Å². The van der Waals surface area contributed by atoms with Crippen LogP contribution >= 0.6 is 0 Å². The summed E-state index contributed by atoms with van der Waals surface area (Å²) in [7, 11) is 0. The van der Waals surface area contributed by atoms with Gasteiger partial charge in [-0.15, -0.1) is 0 Å². The highest BCUT2D eigenvalue weighted by Crippen LogP contribution is 2.25. The minimum Gasteiger partial charge on any atom is -0.343 e. The zero-order valence-electron chi connectivity index (χ0n) is 16.7. The normalized spacial score (nSPS) is 14.3. The number of amides is 1. The Hall–Kier alpha value is -3.48. The summed E-state index contributed by atoms with van der Waals surface area (Å²) in [4.78, 5) is 23.5. The lowest BCUT2D eigenvalue weighted by Crippen LogP contribution is -2.35. The molecule has 1 aliphatic heterocycles. The monoisotopic (exact) mass is 401 g/mol. The highest BCUT2D eigenvalue weighted by Gasteiger charge is 2.17. The predicted octanol–water partition coefficient (Wildman–Crippen LogP) is 4.16. The molecule has 0 radical (unpaired) electrons. The largest absolute Gasteiger partial charge is 0.343 e. The first kappa shape index (κ1) is 18.5. The first-order valence-electron chi connectivity index (χ1n) is 10.4. The molecule has 1 saturated heterocycles. The minimum atomic E-state index is 0.230. The molecule has 0 bridgehead atoms.